The molecule has 26 heteroatoms. The second kappa shape index (κ2) is 21.2. The van der Waals surface area contributed by atoms with E-state index in [2.05, 4.69) is 40.3 Å². The van der Waals surface area contributed by atoms with Crippen molar-refractivity contribution in [2.45, 2.75) is 88.4 Å². The minimum absolute atomic E-state index is 0.319. The molecule has 8 aromatic rings. The first-order chi connectivity index (χ1) is 36.0. The number of nitrogens with one attached hydrogen (secondary N) is 2. The number of fused-ring (bicyclic) bond motifs is 2. The van der Waals surface area contributed by atoms with E-state index in [0.29, 0.717) is 107 Å². The van der Waals surface area contributed by atoms with Crippen molar-refractivity contribution in [1.29, 1.82) is 0 Å². The third-order valence-corrected chi connectivity index (χ3v) is 13.0. The molecule has 4 aromatic carbocycles. The number of hydrogen-bond acceptors (Lipinski definition) is 14. The average Bonchev–Trinajstić information content (AvgIpc) is 4.16. The maximum Gasteiger partial charge on any atom is 0.573 e. The largest absolute Gasteiger partial charge is 0.573 e. The number of ether oxygens (including phenoxy) is 4. The number of imidazole rings is 2. The zero-order valence-corrected chi connectivity index (χ0v) is 42.3. The first-order valence-corrected chi connectivity index (χ1v) is 24.1. The fourth-order valence-electron chi connectivity index (χ4n) is 9.01. The van der Waals surface area contributed by atoms with Crippen molar-refractivity contribution >= 4 is 46.5 Å². The molecule has 6 heterocycles. The Bertz CT molecular complexity index is 3090. The Kier molecular flexibility index (Phi) is 14.9. The summed E-state index contributed by atoms with van der Waals surface area (Å²) < 4.78 is 101. The van der Waals surface area contributed by atoms with Crippen LogP contribution in [0.4, 0.5) is 49.6 Å². The summed E-state index contributed by atoms with van der Waals surface area (Å²) in [5, 5.41) is 38.0. The Morgan fingerprint density at radius 1 is 0.592 bits per heavy atom. The Morgan fingerprint density at radius 3 is 1.30 bits per heavy atom. The van der Waals surface area contributed by atoms with E-state index in [1.165, 1.54) is 24.3 Å². The second-order valence-corrected chi connectivity index (χ2v) is 19.3. The molecule has 76 heavy (non-hydrogen) atoms. The summed E-state index contributed by atoms with van der Waals surface area (Å²) in [6.07, 6.45) is -1.55. The van der Waals surface area contributed by atoms with Gasteiger partial charge in [0.05, 0.1) is 36.8 Å². The number of alkyl halides is 6. The molecule has 4 N–H and O–H groups in total. The van der Waals surface area contributed by atoms with Gasteiger partial charge >= 0.3 is 12.7 Å². The molecule has 4 aromatic heterocycles. The van der Waals surface area contributed by atoms with Crippen LogP contribution in [0, 0.1) is 0 Å². The van der Waals surface area contributed by atoms with Crippen LogP contribution < -0.4 is 29.6 Å². The minimum atomic E-state index is -4.78. The molecule has 0 amide bonds. The van der Waals surface area contributed by atoms with Gasteiger partial charge in [-0.2, -0.15) is 9.97 Å². The highest BCUT2D eigenvalue weighted by Crippen LogP contribution is 2.41. The molecule has 18 nitrogen and oxygen atoms in total. The molecule has 2 aliphatic rings. The molecule has 0 spiro atoms. The highest BCUT2D eigenvalue weighted by Gasteiger charge is 2.37. The van der Waals surface area contributed by atoms with E-state index in [9.17, 15) is 36.6 Å². The lowest BCUT2D eigenvalue weighted by atomic mass is 9.86. The van der Waals surface area contributed by atoms with Crippen LogP contribution in [0.25, 0.3) is 11.4 Å². The standard InChI is InChI=1S/2C25H24ClF3N6O3/c2*1-24(36)9-10-35-22(18(12-24)15-3-6-17(7-4-15)38-25(27,28)29)32-23(33-35)31-16-5-8-19(20(11-16)37-2)34-13-21(26)30-14-34/h2*3-8,11,13-14,18,36H,9-10,12H2,1-2H3,(H,31,33)/t18-,24+;18-,24-/m11/s1. The van der Waals surface area contributed by atoms with Gasteiger partial charge in [-0.25, -0.2) is 19.3 Å². The molecular formula is C50H48Cl2F6N12O6. The zero-order valence-electron chi connectivity index (χ0n) is 40.8. The van der Waals surface area contributed by atoms with Gasteiger partial charge < -0.3 is 48.9 Å². The minimum Gasteiger partial charge on any atom is -0.494 e. The Labute approximate surface area is 439 Å². The second-order valence-electron chi connectivity index (χ2n) is 18.5. The van der Waals surface area contributed by atoms with Crippen LogP contribution in [0.5, 0.6) is 23.0 Å². The van der Waals surface area contributed by atoms with Crippen molar-refractivity contribution in [2.24, 2.45) is 0 Å². The third-order valence-electron chi connectivity index (χ3n) is 12.6. The van der Waals surface area contributed by atoms with Crippen LogP contribution in [0.2, 0.25) is 10.3 Å². The lowest BCUT2D eigenvalue weighted by Gasteiger charge is -2.24. The van der Waals surface area contributed by atoms with Crippen LogP contribution in [0.15, 0.2) is 110 Å². The van der Waals surface area contributed by atoms with E-state index < -0.39 is 35.8 Å². The number of aliphatic hydroxyl groups is 2. The molecule has 400 valence electrons. The van der Waals surface area contributed by atoms with Gasteiger partial charge in [-0.15, -0.1) is 36.5 Å². The van der Waals surface area contributed by atoms with Gasteiger partial charge in [-0.1, -0.05) is 47.5 Å². The lowest BCUT2D eigenvalue weighted by molar-refractivity contribution is -0.275. The van der Waals surface area contributed by atoms with Crippen molar-refractivity contribution < 1.29 is 55.5 Å². The highest BCUT2D eigenvalue weighted by atomic mass is 35.5. The predicted octanol–water partition coefficient (Wildman–Crippen LogP) is 10.9. The first kappa shape index (κ1) is 53.3. The van der Waals surface area contributed by atoms with Crippen molar-refractivity contribution in [3.8, 4) is 34.4 Å². The van der Waals surface area contributed by atoms with Gasteiger partial charge in [-0.3, -0.25) is 0 Å². The molecule has 0 saturated carbocycles. The van der Waals surface area contributed by atoms with Crippen LogP contribution in [0.3, 0.4) is 0 Å². The number of hydrogen-bond donors (Lipinski definition) is 4. The summed E-state index contributed by atoms with van der Waals surface area (Å²) in [6, 6.07) is 22.1. The summed E-state index contributed by atoms with van der Waals surface area (Å²) in [5.41, 5.74) is 2.18. The van der Waals surface area contributed by atoms with Gasteiger partial charge in [0.25, 0.3) is 0 Å². The maximum absolute atomic E-state index is 12.6. The first-order valence-electron chi connectivity index (χ1n) is 23.3. The van der Waals surface area contributed by atoms with E-state index >= 15 is 0 Å². The molecule has 4 atom stereocenters. The van der Waals surface area contributed by atoms with Crippen LogP contribution in [-0.4, -0.2) is 97.0 Å². The van der Waals surface area contributed by atoms with Crippen LogP contribution in [-0.2, 0) is 13.1 Å². The Hall–Kier alpha value is -7.54. The fraction of sp³-hybridized carbons (Fsp3) is 0.320. The molecule has 2 aliphatic heterocycles. The van der Waals surface area contributed by atoms with Gasteiger partial charge in [0.1, 0.15) is 57.6 Å². The summed E-state index contributed by atoms with van der Waals surface area (Å²) in [4.78, 5) is 17.4. The quantitative estimate of drug-likeness (QED) is 0.0843. The zero-order chi connectivity index (χ0) is 54.2. The number of nitrogens with zero attached hydrogens (tertiary/aromatic N) is 10. The van der Waals surface area contributed by atoms with E-state index in [1.807, 2.05) is 24.3 Å². The van der Waals surface area contributed by atoms with Crippen LogP contribution >= 0.6 is 23.2 Å². The Morgan fingerprint density at radius 2 is 0.974 bits per heavy atom. The van der Waals surface area contributed by atoms with E-state index in [4.69, 9.17) is 42.6 Å². The number of aromatic nitrogens is 10. The molecule has 0 radical (unpaired) electrons. The fourth-order valence-corrected chi connectivity index (χ4v) is 9.31. The monoisotopic (exact) mass is 1100 g/mol. The summed E-state index contributed by atoms with van der Waals surface area (Å²) in [7, 11) is 3.11. The SMILES string of the molecule is COc1cc(Nc2nc3n(n2)CC[C@@](C)(O)C[C@@H]3c2ccc(OC(F)(F)F)cc2)ccc1-n1cnc(Cl)c1.COc1cc(Nc2nc3n(n2)CC[C@](C)(O)C[C@@H]3c2ccc(OC(F)(F)F)cc2)ccc1-n1cnc(Cl)c1. The molecule has 0 bridgehead atoms. The number of halogens is 8. The van der Waals surface area contributed by atoms with Crippen LogP contribution in [0.1, 0.15) is 74.1 Å². The number of anilines is 4. The van der Waals surface area contributed by atoms with Gasteiger partial charge in [0.2, 0.25) is 11.9 Å². The molecule has 0 fully saturated rings. The van der Waals surface area contributed by atoms with Crippen molar-refractivity contribution in [1.82, 2.24) is 48.6 Å². The topological polar surface area (TPSA) is 198 Å². The number of methoxy groups -OCH3 is 2. The van der Waals surface area contributed by atoms with Crippen molar-refractivity contribution in [3.05, 3.63) is 143 Å². The van der Waals surface area contributed by atoms with Gasteiger partial charge in [0, 0.05) is 60.8 Å². The molecule has 0 unspecified atom stereocenters. The molecular weight excluding hydrogens is 1050 g/mol. The Balaban J connectivity index is 0.000000186. The smallest absolute Gasteiger partial charge is 0.494 e. The van der Waals surface area contributed by atoms with Crippen molar-refractivity contribution in [2.75, 3.05) is 24.9 Å². The maximum atomic E-state index is 12.6. The van der Waals surface area contributed by atoms with E-state index in [1.54, 1.807) is 108 Å². The molecule has 0 saturated heterocycles. The summed E-state index contributed by atoms with van der Waals surface area (Å²) in [6.45, 7) is 4.31. The normalized spacial score (nSPS) is 19.5. The van der Waals surface area contributed by atoms with Gasteiger partial charge in [0.15, 0.2) is 0 Å². The highest BCUT2D eigenvalue weighted by molar-refractivity contribution is 6.29. The van der Waals surface area contributed by atoms with E-state index in [0.717, 1.165) is 11.4 Å². The number of aryl methyl sites for hydroxylation is 2. The van der Waals surface area contributed by atoms with Gasteiger partial charge in [-0.05, 0) is 99.2 Å². The summed E-state index contributed by atoms with van der Waals surface area (Å²) >= 11 is 11.9. The lowest BCUT2D eigenvalue weighted by Crippen LogP contribution is -2.26. The average molecular weight is 1100 g/mol. The number of rotatable bonds is 12. The number of benzene rings is 4. The molecule has 10 rings (SSSR count). The molecule has 0 aliphatic carbocycles. The third kappa shape index (κ3) is 12.9. The predicted molar refractivity (Wildman–Crippen MR) is 267 cm³/mol. The van der Waals surface area contributed by atoms with E-state index in [-0.39, 0.29) is 11.5 Å². The van der Waals surface area contributed by atoms with Crippen molar-refractivity contribution in [3.63, 3.8) is 0 Å². The summed E-state index contributed by atoms with van der Waals surface area (Å²) in [5.74, 6) is 1.55.